The maximum Gasteiger partial charge on any atom is 0.0641 e. The predicted octanol–water partition coefficient (Wildman–Crippen LogP) is 1.83. The summed E-state index contributed by atoms with van der Waals surface area (Å²) in [6.45, 7) is 7.05. The SMILES string of the molecule is Cc1nn(CCC2CCCCN2C)c(C)c1CN. The Hall–Kier alpha value is -0.870. The van der Waals surface area contributed by atoms with E-state index in [0.717, 1.165) is 18.3 Å². The van der Waals surface area contributed by atoms with Crippen LogP contribution < -0.4 is 5.73 Å². The summed E-state index contributed by atoms with van der Waals surface area (Å²) in [6, 6.07) is 0.726. The van der Waals surface area contributed by atoms with Gasteiger partial charge in [0.2, 0.25) is 0 Å². The molecule has 1 fully saturated rings. The monoisotopic (exact) mass is 250 g/mol. The average Bonchev–Trinajstić information content (AvgIpc) is 2.63. The average molecular weight is 250 g/mol. The number of nitrogens with zero attached hydrogens (tertiary/aromatic N) is 3. The molecule has 0 radical (unpaired) electrons. The zero-order valence-corrected chi connectivity index (χ0v) is 11.9. The van der Waals surface area contributed by atoms with Crippen LogP contribution in [0.1, 0.15) is 42.6 Å². The molecule has 102 valence electrons. The van der Waals surface area contributed by atoms with Gasteiger partial charge in [-0.25, -0.2) is 0 Å². The molecule has 0 spiro atoms. The molecule has 0 aromatic carbocycles. The maximum atomic E-state index is 5.76. The van der Waals surface area contributed by atoms with E-state index in [1.807, 2.05) is 0 Å². The van der Waals surface area contributed by atoms with Crippen molar-refractivity contribution >= 4 is 0 Å². The van der Waals surface area contributed by atoms with Crippen LogP contribution in [0.3, 0.4) is 0 Å². The normalized spacial score (nSPS) is 21.4. The van der Waals surface area contributed by atoms with Crippen LogP contribution in [-0.2, 0) is 13.1 Å². The molecule has 1 aromatic heterocycles. The summed E-state index contributed by atoms with van der Waals surface area (Å²) in [7, 11) is 2.25. The third-order valence-corrected chi connectivity index (χ3v) is 4.33. The fourth-order valence-electron chi connectivity index (χ4n) is 3.03. The molecule has 2 rings (SSSR count). The zero-order valence-electron chi connectivity index (χ0n) is 11.9. The van der Waals surface area contributed by atoms with Crippen molar-refractivity contribution in [2.45, 2.75) is 58.7 Å². The lowest BCUT2D eigenvalue weighted by atomic mass is 10.0. The van der Waals surface area contributed by atoms with Crippen molar-refractivity contribution in [1.29, 1.82) is 0 Å². The zero-order chi connectivity index (χ0) is 13.1. The van der Waals surface area contributed by atoms with E-state index in [4.69, 9.17) is 5.73 Å². The Morgan fingerprint density at radius 2 is 2.11 bits per heavy atom. The van der Waals surface area contributed by atoms with Gasteiger partial charge >= 0.3 is 0 Å². The van der Waals surface area contributed by atoms with E-state index >= 15 is 0 Å². The summed E-state index contributed by atoms with van der Waals surface area (Å²) in [5, 5.41) is 4.61. The third-order valence-electron chi connectivity index (χ3n) is 4.33. The van der Waals surface area contributed by atoms with Crippen molar-refractivity contribution in [2.24, 2.45) is 5.73 Å². The van der Waals surface area contributed by atoms with Gasteiger partial charge in [-0.2, -0.15) is 5.10 Å². The summed E-state index contributed by atoms with van der Waals surface area (Å²) < 4.78 is 2.14. The number of hydrogen-bond acceptors (Lipinski definition) is 3. The largest absolute Gasteiger partial charge is 0.326 e. The standard InChI is InChI=1S/C14H26N4/c1-11-14(10-15)12(2)18(16-11)9-7-13-6-4-5-8-17(13)3/h13H,4-10,15H2,1-3H3. The Kier molecular flexibility index (Phi) is 4.40. The second kappa shape index (κ2) is 5.85. The highest BCUT2D eigenvalue weighted by atomic mass is 15.3. The molecule has 4 heteroatoms. The lowest BCUT2D eigenvalue weighted by molar-refractivity contribution is 0.169. The topological polar surface area (TPSA) is 47.1 Å². The molecule has 1 aliphatic heterocycles. The van der Waals surface area contributed by atoms with Crippen LogP contribution in [0.25, 0.3) is 0 Å². The van der Waals surface area contributed by atoms with Crippen molar-refractivity contribution in [3.05, 3.63) is 17.0 Å². The summed E-state index contributed by atoms with van der Waals surface area (Å²) in [4.78, 5) is 2.50. The minimum Gasteiger partial charge on any atom is -0.326 e. The van der Waals surface area contributed by atoms with Crippen LogP contribution >= 0.6 is 0 Å². The van der Waals surface area contributed by atoms with E-state index < -0.39 is 0 Å². The molecule has 2 N–H and O–H groups in total. The summed E-state index contributed by atoms with van der Waals surface area (Å²) in [5.41, 5.74) is 9.31. The molecule has 1 atom stereocenters. The highest BCUT2D eigenvalue weighted by Gasteiger charge is 2.19. The predicted molar refractivity (Wildman–Crippen MR) is 74.5 cm³/mol. The van der Waals surface area contributed by atoms with E-state index in [0.29, 0.717) is 6.54 Å². The lowest BCUT2D eigenvalue weighted by Crippen LogP contribution is -2.36. The van der Waals surface area contributed by atoms with Gasteiger partial charge in [0.1, 0.15) is 0 Å². The van der Waals surface area contributed by atoms with Crippen molar-refractivity contribution in [3.63, 3.8) is 0 Å². The molecule has 0 saturated carbocycles. The molecule has 0 bridgehead atoms. The fourth-order valence-corrected chi connectivity index (χ4v) is 3.03. The third kappa shape index (κ3) is 2.75. The van der Waals surface area contributed by atoms with Crippen LogP contribution in [-0.4, -0.2) is 34.3 Å². The molecule has 0 aliphatic carbocycles. The fraction of sp³-hybridized carbons (Fsp3) is 0.786. The summed E-state index contributed by atoms with van der Waals surface area (Å²) in [6.07, 6.45) is 5.26. The van der Waals surface area contributed by atoms with Crippen LogP contribution in [0.2, 0.25) is 0 Å². The van der Waals surface area contributed by atoms with E-state index in [2.05, 4.69) is 35.6 Å². The molecule has 1 unspecified atom stereocenters. The molecule has 1 aliphatic rings. The Balaban J connectivity index is 1.97. The minimum absolute atomic E-state index is 0.598. The highest BCUT2D eigenvalue weighted by Crippen LogP contribution is 2.19. The molecule has 4 nitrogen and oxygen atoms in total. The van der Waals surface area contributed by atoms with Gasteiger partial charge in [-0.15, -0.1) is 0 Å². The smallest absolute Gasteiger partial charge is 0.0641 e. The quantitative estimate of drug-likeness (QED) is 0.887. The van der Waals surface area contributed by atoms with Gasteiger partial charge in [-0.05, 0) is 46.7 Å². The highest BCUT2D eigenvalue weighted by molar-refractivity contribution is 5.23. The number of aryl methyl sites for hydroxylation is 2. The number of aromatic nitrogens is 2. The number of hydrogen-bond donors (Lipinski definition) is 1. The first-order valence-electron chi connectivity index (χ1n) is 7.06. The molecule has 1 aromatic rings. The van der Waals surface area contributed by atoms with Crippen LogP contribution in [0.5, 0.6) is 0 Å². The van der Waals surface area contributed by atoms with Crippen LogP contribution in [0.4, 0.5) is 0 Å². The van der Waals surface area contributed by atoms with Crippen LogP contribution in [0, 0.1) is 13.8 Å². The molecule has 0 amide bonds. The van der Waals surface area contributed by atoms with Crippen molar-refractivity contribution in [1.82, 2.24) is 14.7 Å². The van der Waals surface area contributed by atoms with Gasteiger partial charge < -0.3 is 10.6 Å². The first-order chi connectivity index (χ1) is 8.63. The molecular formula is C14H26N4. The Bertz CT molecular complexity index is 397. The summed E-state index contributed by atoms with van der Waals surface area (Å²) in [5.74, 6) is 0. The van der Waals surface area contributed by atoms with Gasteiger partial charge in [0.15, 0.2) is 0 Å². The van der Waals surface area contributed by atoms with E-state index in [1.165, 1.54) is 43.5 Å². The van der Waals surface area contributed by atoms with Crippen molar-refractivity contribution in [2.75, 3.05) is 13.6 Å². The lowest BCUT2D eigenvalue weighted by Gasteiger charge is -2.32. The molecule has 1 saturated heterocycles. The van der Waals surface area contributed by atoms with Crippen molar-refractivity contribution < 1.29 is 0 Å². The van der Waals surface area contributed by atoms with Crippen molar-refractivity contribution in [3.8, 4) is 0 Å². The Labute approximate surface area is 110 Å². The second-order valence-electron chi connectivity index (χ2n) is 5.50. The van der Waals surface area contributed by atoms with E-state index in [-0.39, 0.29) is 0 Å². The Morgan fingerprint density at radius 1 is 1.33 bits per heavy atom. The summed E-state index contributed by atoms with van der Waals surface area (Å²) >= 11 is 0. The van der Waals surface area contributed by atoms with Gasteiger partial charge in [-0.1, -0.05) is 6.42 Å². The number of likely N-dealkylation sites (tertiary alicyclic amines) is 1. The van der Waals surface area contributed by atoms with E-state index in [1.54, 1.807) is 0 Å². The van der Waals surface area contributed by atoms with Gasteiger partial charge in [0.25, 0.3) is 0 Å². The second-order valence-corrected chi connectivity index (χ2v) is 5.50. The minimum atomic E-state index is 0.598. The van der Waals surface area contributed by atoms with Gasteiger partial charge in [0.05, 0.1) is 5.69 Å². The molecule has 2 heterocycles. The first kappa shape index (κ1) is 13.6. The number of rotatable bonds is 4. The Morgan fingerprint density at radius 3 is 2.72 bits per heavy atom. The van der Waals surface area contributed by atoms with Crippen LogP contribution in [0.15, 0.2) is 0 Å². The molecular weight excluding hydrogens is 224 g/mol. The van der Waals surface area contributed by atoms with Gasteiger partial charge in [-0.3, -0.25) is 4.68 Å². The maximum absolute atomic E-state index is 5.76. The van der Waals surface area contributed by atoms with E-state index in [9.17, 15) is 0 Å². The van der Waals surface area contributed by atoms with Gasteiger partial charge in [0, 0.05) is 30.4 Å². The first-order valence-corrected chi connectivity index (χ1v) is 7.06. The molecule has 18 heavy (non-hydrogen) atoms. The number of piperidine rings is 1. The number of nitrogens with two attached hydrogens (primary N) is 1.